The van der Waals surface area contributed by atoms with Gasteiger partial charge in [0.1, 0.15) is 0 Å². The van der Waals surface area contributed by atoms with E-state index < -0.39 is 9.84 Å². The lowest BCUT2D eigenvalue weighted by Gasteiger charge is -2.33. The molecular weight excluding hydrogens is 324 g/mol. The summed E-state index contributed by atoms with van der Waals surface area (Å²) in [6.45, 7) is 5.26. The number of unbranched alkanes of at least 4 members (excludes halogenated alkanes) is 1. The standard InChI is InChI=1S/C18H34N2O3S/c1-16-8-4-6-13-20(16)14-7-5-12-19-18(21)11-15-24(22,23)17-9-2-3-10-17/h16-17H,2-15H2,1H3,(H,19,21). The highest BCUT2D eigenvalue weighted by molar-refractivity contribution is 7.92. The Balaban J connectivity index is 1.53. The molecule has 1 atom stereocenters. The fourth-order valence-corrected chi connectivity index (χ4v) is 5.75. The summed E-state index contributed by atoms with van der Waals surface area (Å²) in [4.78, 5) is 14.4. The van der Waals surface area contributed by atoms with Crippen LogP contribution in [0.4, 0.5) is 0 Å². The number of nitrogens with one attached hydrogen (secondary N) is 1. The van der Waals surface area contributed by atoms with Gasteiger partial charge < -0.3 is 10.2 Å². The number of rotatable bonds is 9. The van der Waals surface area contributed by atoms with E-state index in [4.69, 9.17) is 0 Å². The molecule has 5 nitrogen and oxygen atoms in total. The van der Waals surface area contributed by atoms with E-state index in [0.717, 1.165) is 45.1 Å². The van der Waals surface area contributed by atoms with Gasteiger partial charge in [0.15, 0.2) is 9.84 Å². The van der Waals surface area contributed by atoms with Crippen LogP contribution in [-0.2, 0) is 14.6 Å². The van der Waals surface area contributed by atoms with Crippen LogP contribution in [0.25, 0.3) is 0 Å². The number of carbonyl (C=O) groups is 1. The predicted molar refractivity (Wildman–Crippen MR) is 97.8 cm³/mol. The highest BCUT2D eigenvalue weighted by Gasteiger charge is 2.28. The highest BCUT2D eigenvalue weighted by atomic mass is 32.2. The molecular formula is C18H34N2O3S. The summed E-state index contributed by atoms with van der Waals surface area (Å²) in [5.41, 5.74) is 0. The van der Waals surface area contributed by atoms with Crippen molar-refractivity contribution in [3.8, 4) is 0 Å². The van der Waals surface area contributed by atoms with Gasteiger partial charge in [-0.25, -0.2) is 8.42 Å². The third-order valence-electron chi connectivity index (χ3n) is 5.56. The smallest absolute Gasteiger partial charge is 0.221 e. The number of hydrogen-bond donors (Lipinski definition) is 1. The van der Waals surface area contributed by atoms with Crippen LogP contribution in [0.5, 0.6) is 0 Å². The number of nitrogens with zero attached hydrogens (tertiary/aromatic N) is 1. The van der Waals surface area contributed by atoms with Crippen LogP contribution < -0.4 is 5.32 Å². The monoisotopic (exact) mass is 358 g/mol. The van der Waals surface area contributed by atoms with Gasteiger partial charge in [0, 0.05) is 19.0 Å². The van der Waals surface area contributed by atoms with Crippen molar-refractivity contribution < 1.29 is 13.2 Å². The summed E-state index contributed by atoms with van der Waals surface area (Å²) in [7, 11) is -3.08. The lowest BCUT2D eigenvalue weighted by Crippen LogP contribution is -2.38. The third kappa shape index (κ3) is 6.36. The molecule has 1 saturated carbocycles. The van der Waals surface area contributed by atoms with Crippen molar-refractivity contribution in [2.24, 2.45) is 0 Å². The van der Waals surface area contributed by atoms with E-state index in [1.807, 2.05) is 0 Å². The minimum absolute atomic E-state index is 0.00872. The Morgan fingerprint density at radius 3 is 2.50 bits per heavy atom. The molecule has 2 fully saturated rings. The van der Waals surface area contributed by atoms with Gasteiger partial charge in [-0.3, -0.25) is 4.79 Å². The van der Waals surface area contributed by atoms with Crippen LogP contribution in [0.2, 0.25) is 0 Å². The Morgan fingerprint density at radius 2 is 1.79 bits per heavy atom. The van der Waals surface area contributed by atoms with Crippen LogP contribution in [0, 0.1) is 0 Å². The zero-order valence-corrected chi connectivity index (χ0v) is 16.0. The van der Waals surface area contributed by atoms with E-state index in [9.17, 15) is 13.2 Å². The molecule has 1 amide bonds. The van der Waals surface area contributed by atoms with Gasteiger partial charge >= 0.3 is 0 Å². The Hall–Kier alpha value is -0.620. The van der Waals surface area contributed by atoms with Crippen molar-refractivity contribution in [3.63, 3.8) is 0 Å². The molecule has 1 aliphatic heterocycles. The second-order valence-electron chi connectivity index (χ2n) is 7.46. The lowest BCUT2D eigenvalue weighted by atomic mass is 10.0. The Labute approximate surface area is 147 Å². The maximum absolute atomic E-state index is 12.1. The number of carbonyl (C=O) groups excluding carboxylic acids is 1. The van der Waals surface area contributed by atoms with E-state index in [-0.39, 0.29) is 23.3 Å². The van der Waals surface area contributed by atoms with Crippen LogP contribution in [0.1, 0.15) is 71.1 Å². The molecule has 1 aliphatic carbocycles. The van der Waals surface area contributed by atoms with Gasteiger partial charge in [-0.1, -0.05) is 19.3 Å². The van der Waals surface area contributed by atoms with Gasteiger partial charge in [0.2, 0.25) is 5.91 Å². The summed E-state index contributed by atoms with van der Waals surface area (Å²) in [5.74, 6) is -0.114. The first kappa shape index (κ1) is 19.7. The van der Waals surface area contributed by atoms with E-state index in [1.165, 1.54) is 25.8 Å². The van der Waals surface area contributed by atoms with Crippen molar-refractivity contribution in [1.82, 2.24) is 10.2 Å². The lowest BCUT2D eigenvalue weighted by molar-refractivity contribution is -0.120. The molecule has 6 heteroatoms. The molecule has 2 rings (SSSR count). The number of piperidine rings is 1. The van der Waals surface area contributed by atoms with Crippen LogP contribution in [0.15, 0.2) is 0 Å². The Bertz CT molecular complexity index is 486. The Kier molecular flexibility index (Phi) is 8.01. The molecule has 1 heterocycles. The summed E-state index contributed by atoms with van der Waals surface area (Å²) < 4.78 is 24.3. The highest BCUT2D eigenvalue weighted by Crippen LogP contribution is 2.25. The van der Waals surface area contributed by atoms with Crippen LogP contribution in [-0.4, -0.2) is 55.9 Å². The summed E-state index contributed by atoms with van der Waals surface area (Å²) in [6.07, 6.45) is 9.67. The minimum Gasteiger partial charge on any atom is -0.356 e. The molecule has 0 radical (unpaired) electrons. The number of sulfone groups is 1. The van der Waals surface area contributed by atoms with Crippen LogP contribution in [0.3, 0.4) is 0 Å². The fraction of sp³-hybridized carbons (Fsp3) is 0.944. The normalized spacial score (nSPS) is 23.5. The zero-order chi connectivity index (χ0) is 17.4. The number of likely N-dealkylation sites (tertiary alicyclic amines) is 1. The molecule has 2 aliphatic rings. The first-order chi connectivity index (χ1) is 11.5. The molecule has 1 unspecified atom stereocenters. The number of hydrogen-bond acceptors (Lipinski definition) is 4. The predicted octanol–water partition coefficient (Wildman–Crippen LogP) is 2.50. The molecule has 0 aromatic carbocycles. The average molecular weight is 359 g/mol. The molecule has 0 aromatic heterocycles. The largest absolute Gasteiger partial charge is 0.356 e. The minimum atomic E-state index is -3.08. The van der Waals surface area contributed by atoms with Crippen LogP contribution >= 0.6 is 0 Å². The van der Waals surface area contributed by atoms with Gasteiger partial charge in [0.25, 0.3) is 0 Å². The van der Waals surface area contributed by atoms with E-state index in [0.29, 0.717) is 12.6 Å². The van der Waals surface area contributed by atoms with Gasteiger partial charge in [-0.15, -0.1) is 0 Å². The van der Waals surface area contributed by atoms with E-state index in [2.05, 4.69) is 17.1 Å². The van der Waals surface area contributed by atoms with Gasteiger partial charge in [-0.2, -0.15) is 0 Å². The van der Waals surface area contributed by atoms with Gasteiger partial charge in [0.05, 0.1) is 11.0 Å². The topological polar surface area (TPSA) is 66.5 Å². The van der Waals surface area contributed by atoms with Crippen molar-refractivity contribution in [1.29, 1.82) is 0 Å². The summed E-state index contributed by atoms with van der Waals surface area (Å²) in [6, 6.07) is 0.689. The number of amides is 1. The SMILES string of the molecule is CC1CCCCN1CCCCNC(=O)CCS(=O)(=O)C1CCCC1. The Morgan fingerprint density at radius 1 is 1.08 bits per heavy atom. The van der Waals surface area contributed by atoms with Crippen molar-refractivity contribution in [2.75, 3.05) is 25.4 Å². The second kappa shape index (κ2) is 9.76. The second-order valence-corrected chi connectivity index (χ2v) is 9.86. The first-order valence-electron chi connectivity index (χ1n) is 9.71. The summed E-state index contributed by atoms with van der Waals surface area (Å²) >= 11 is 0. The molecule has 0 spiro atoms. The molecule has 0 aromatic rings. The maximum atomic E-state index is 12.1. The third-order valence-corrected chi connectivity index (χ3v) is 7.82. The average Bonchev–Trinajstić information content (AvgIpc) is 3.10. The summed E-state index contributed by atoms with van der Waals surface area (Å²) in [5, 5.41) is 2.68. The molecule has 1 saturated heterocycles. The molecule has 1 N–H and O–H groups in total. The van der Waals surface area contributed by atoms with E-state index >= 15 is 0 Å². The van der Waals surface area contributed by atoms with Crippen molar-refractivity contribution in [2.45, 2.75) is 82.4 Å². The van der Waals surface area contributed by atoms with Crippen molar-refractivity contribution in [3.05, 3.63) is 0 Å². The van der Waals surface area contributed by atoms with Gasteiger partial charge in [-0.05, 0) is 58.5 Å². The van der Waals surface area contributed by atoms with Crippen molar-refractivity contribution >= 4 is 15.7 Å². The maximum Gasteiger partial charge on any atom is 0.221 e. The molecule has 140 valence electrons. The fourth-order valence-electron chi connectivity index (χ4n) is 3.89. The van der Waals surface area contributed by atoms with E-state index in [1.54, 1.807) is 0 Å². The first-order valence-corrected chi connectivity index (χ1v) is 11.4. The quantitative estimate of drug-likeness (QED) is 0.643. The molecule has 0 bridgehead atoms. The molecule has 24 heavy (non-hydrogen) atoms. The zero-order valence-electron chi connectivity index (χ0n) is 15.1.